The summed E-state index contributed by atoms with van der Waals surface area (Å²) in [6.07, 6.45) is 5.44. The molecule has 6 heteroatoms. The molecule has 0 N–H and O–H groups in total. The van der Waals surface area contributed by atoms with Gasteiger partial charge in [-0.25, -0.2) is 14.4 Å². The van der Waals surface area contributed by atoms with Crippen LogP contribution in [0.2, 0.25) is 0 Å². The van der Waals surface area contributed by atoms with Gasteiger partial charge < -0.3 is 14.2 Å². The first kappa shape index (κ1) is 20.7. The van der Waals surface area contributed by atoms with Gasteiger partial charge in [-0.3, -0.25) is 0 Å². The number of ether oxygens (including phenoxy) is 3. The second-order valence-corrected chi connectivity index (χ2v) is 6.81. The highest BCUT2D eigenvalue weighted by Crippen LogP contribution is 2.36. The summed E-state index contributed by atoms with van der Waals surface area (Å²) in [5, 5.41) is 0. The summed E-state index contributed by atoms with van der Waals surface area (Å²) in [7, 11) is 1.31. The van der Waals surface area contributed by atoms with Crippen LogP contribution in [0.15, 0.2) is 47.1 Å². The molecule has 0 amide bonds. The second kappa shape index (κ2) is 8.84. The van der Waals surface area contributed by atoms with Crippen LogP contribution in [0, 0.1) is 5.92 Å². The molecule has 1 saturated heterocycles. The first-order valence-corrected chi connectivity index (χ1v) is 8.96. The SMILES string of the molecule is C=C1C(=O)OC2C=C(C)CCC=C(C(=O)OC)CC(OC(=O)C(C)=CC)C12. The molecule has 2 rings (SSSR count). The lowest BCUT2D eigenvalue weighted by molar-refractivity contribution is -0.148. The van der Waals surface area contributed by atoms with Crippen LogP contribution in [-0.4, -0.2) is 37.2 Å². The molecule has 146 valence electrons. The highest BCUT2D eigenvalue weighted by Gasteiger charge is 2.45. The van der Waals surface area contributed by atoms with Crippen LogP contribution < -0.4 is 0 Å². The fourth-order valence-corrected chi connectivity index (χ4v) is 3.21. The Balaban J connectivity index is 2.47. The van der Waals surface area contributed by atoms with Gasteiger partial charge >= 0.3 is 17.9 Å². The number of esters is 3. The van der Waals surface area contributed by atoms with Gasteiger partial charge in [0.2, 0.25) is 0 Å². The van der Waals surface area contributed by atoms with Gasteiger partial charge in [-0.1, -0.05) is 24.3 Å². The van der Waals surface area contributed by atoms with E-state index in [1.54, 1.807) is 26.0 Å². The zero-order chi connectivity index (χ0) is 20.1. The lowest BCUT2D eigenvalue weighted by Crippen LogP contribution is -2.34. The van der Waals surface area contributed by atoms with Gasteiger partial charge in [0.15, 0.2) is 0 Å². The van der Waals surface area contributed by atoms with Crippen molar-refractivity contribution in [2.75, 3.05) is 7.11 Å². The van der Waals surface area contributed by atoms with Crippen molar-refractivity contribution >= 4 is 17.9 Å². The van der Waals surface area contributed by atoms with Crippen LogP contribution >= 0.6 is 0 Å². The summed E-state index contributed by atoms with van der Waals surface area (Å²) >= 11 is 0. The standard InChI is InChI=1S/C21H26O6/c1-6-13(3)19(22)26-17-11-15(21(24)25-5)9-7-8-12(2)10-16-18(17)14(4)20(23)27-16/h6,9-10,16-18H,4,7-8,11H2,1-3,5H3. The molecule has 0 aromatic heterocycles. The quantitative estimate of drug-likeness (QED) is 0.327. The van der Waals surface area contributed by atoms with E-state index in [0.29, 0.717) is 17.6 Å². The summed E-state index contributed by atoms with van der Waals surface area (Å²) in [4.78, 5) is 36.7. The van der Waals surface area contributed by atoms with Gasteiger partial charge in [0.1, 0.15) is 12.2 Å². The topological polar surface area (TPSA) is 78.9 Å². The Morgan fingerprint density at radius 3 is 2.70 bits per heavy atom. The van der Waals surface area contributed by atoms with Gasteiger partial charge in [-0.2, -0.15) is 0 Å². The van der Waals surface area contributed by atoms with E-state index in [0.717, 1.165) is 12.0 Å². The molecule has 0 aromatic rings. The lowest BCUT2D eigenvalue weighted by atomic mass is 9.85. The number of carbonyl (C=O) groups is 3. The Morgan fingerprint density at radius 2 is 2.07 bits per heavy atom. The highest BCUT2D eigenvalue weighted by molar-refractivity contribution is 5.92. The van der Waals surface area contributed by atoms with Gasteiger partial charge in [0, 0.05) is 23.1 Å². The van der Waals surface area contributed by atoms with Crippen molar-refractivity contribution in [2.24, 2.45) is 5.92 Å². The summed E-state index contributed by atoms with van der Waals surface area (Å²) in [5.74, 6) is -2.06. The Hall–Kier alpha value is -2.63. The first-order chi connectivity index (χ1) is 12.8. The molecule has 1 aliphatic carbocycles. The zero-order valence-electron chi connectivity index (χ0n) is 16.2. The minimum Gasteiger partial charge on any atom is -0.466 e. The van der Waals surface area contributed by atoms with Gasteiger partial charge in [0.05, 0.1) is 13.0 Å². The van der Waals surface area contributed by atoms with E-state index in [2.05, 4.69) is 6.58 Å². The molecule has 3 atom stereocenters. The van der Waals surface area contributed by atoms with E-state index in [1.807, 2.05) is 13.0 Å². The molecule has 0 radical (unpaired) electrons. The van der Waals surface area contributed by atoms with Crippen LogP contribution in [0.1, 0.15) is 40.0 Å². The first-order valence-electron chi connectivity index (χ1n) is 8.96. The molecule has 3 unspecified atom stereocenters. The minimum atomic E-state index is -0.774. The summed E-state index contributed by atoms with van der Waals surface area (Å²) < 4.78 is 16.0. The number of methoxy groups -OCH3 is 1. The van der Waals surface area contributed by atoms with Crippen molar-refractivity contribution in [1.29, 1.82) is 0 Å². The fourth-order valence-electron chi connectivity index (χ4n) is 3.21. The van der Waals surface area contributed by atoms with Crippen LogP contribution in [0.4, 0.5) is 0 Å². The summed E-state index contributed by atoms with van der Waals surface area (Å²) in [5.41, 5.74) is 2.11. The van der Waals surface area contributed by atoms with Crippen LogP contribution in [0.25, 0.3) is 0 Å². The van der Waals surface area contributed by atoms with Gasteiger partial charge in [-0.15, -0.1) is 0 Å². The van der Waals surface area contributed by atoms with E-state index in [4.69, 9.17) is 14.2 Å². The lowest BCUT2D eigenvalue weighted by Gasteiger charge is -2.27. The molecule has 2 aliphatic rings. The number of allylic oxidation sites excluding steroid dienone is 3. The van der Waals surface area contributed by atoms with E-state index >= 15 is 0 Å². The average molecular weight is 374 g/mol. The third kappa shape index (κ3) is 4.76. The number of hydrogen-bond acceptors (Lipinski definition) is 6. The van der Waals surface area contributed by atoms with E-state index in [9.17, 15) is 14.4 Å². The monoisotopic (exact) mass is 374 g/mol. The minimum absolute atomic E-state index is 0.124. The summed E-state index contributed by atoms with van der Waals surface area (Å²) in [6, 6.07) is 0. The second-order valence-electron chi connectivity index (χ2n) is 6.81. The van der Waals surface area contributed by atoms with E-state index in [-0.39, 0.29) is 12.0 Å². The van der Waals surface area contributed by atoms with Crippen molar-refractivity contribution < 1.29 is 28.6 Å². The van der Waals surface area contributed by atoms with Crippen LogP contribution in [0.5, 0.6) is 0 Å². The fraction of sp³-hybridized carbons (Fsp3) is 0.476. The predicted octanol–water partition coefficient (Wildman–Crippen LogP) is 3.19. The van der Waals surface area contributed by atoms with Crippen molar-refractivity contribution in [3.05, 3.63) is 47.1 Å². The number of fused-ring (bicyclic) bond motifs is 1. The number of rotatable bonds is 3. The molecular formula is C21H26O6. The summed E-state index contributed by atoms with van der Waals surface area (Å²) in [6.45, 7) is 9.15. The Kier molecular flexibility index (Phi) is 6.77. The van der Waals surface area contributed by atoms with Crippen molar-refractivity contribution in [3.8, 4) is 0 Å². The van der Waals surface area contributed by atoms with Crippen LogP contribution in [0.3, 0.4) is 0 Å². The molecule has 0 saturated carbocycles. The maximum Gasteiger partial charge on any atom is 0.334 e. The molecule has 1 heterocycles. The zero-order valence-corrected chi connectivity index (χ0v) is 16.2. The molecule has 0 spiro atoms. The highest BCUT2D eigenvalue weighted by atomic mass is 16.6. The van der Waals surface area contributed by atoms with Crippen molar-refractivity contribution in [3.63, 3.8) is 0 Å². The molecule has 1 aliphatic heterocycles. The third-order valence-corrected chi connectivity index (χ3v) is 4.92. The van der Waals surface area contributed by atoms with E-state index in [1.165, 1.54) is 7.11 Å². The van der Waals surface area contributed by atoms with Gasteiger partial charge in [0.25, 0.3) is 0 Å². The number of carbonyl (C=O) groups excluding carboxylic acids is 3. The normalized spacial score (nSPS) is 26.4. The van der Waals surface area contributed by atoms with Crippen molar-refractivity contribution in [2.45, 2.75) is 52.2 Å². The largest absolute Gasteiger partial charge is 0.466 e. The molecule has 6 nitrogen and oxygen atoms in total. The smallest absolute Gasteiger partial charge is 0.334 e. The third-order valence-electron chi connectivity index (χ3n) is 4.92. The average Bonchev–Trinajstić information content (AvgIpc) is 2.91. The molecule has 1 fully saturated rings. The molecule has 0 bridgehead atoms. The van der Waals surface area contributed by atoms with Crippen LogP contribution in [-0.2, 0) is 28.6 Å². The molecular weight excluding hydrogens is 348 g/mol. The maximum absolute atomic E-state index is 12.4. The Labute approximate surface area is 159 Å². The van der Waals surface area contributed by atoms with Gasteiger partial charge in [-0.05, 0) is 39.7 Å². The Morgan fingerprint density at radius 1 is 1.37 bits per heavy atom. The van der Waals surface area contributed by atoms with E-state index < -0.39 is 36.0 Å². The molecule has 27 heavy (non-hydrogen) atoms. The van der Waals surface area contributed by atoms with Crippen molar-refractivity contribution in [1.82, 2.24) is 0 Å². The number of hydrogen-bond donors (Lipinski definition) is 0. The maximum atomic E-state index is 12.4. The predicted molar refractivity (Wildman–Crippen MR) is 99.5 cm³/mol. The molecule has 0 aromatic carbocycles. The Bertz CT molecular complexity index is 740.